The Balaban J connectivity index is 1.65. The number of anilines is 1. The second kappa shape index (κ2) is 7.50. The van der Waals surface area contributed by atoms with E-state index in [1.54, 1.807) is 24.3 Å². The van der Waals surface area contributed by atoms with Crippen molar-refractivity contribution >= 4 is 46.0 Å². The van der Waals surface area contributed by atoms with Crippen molar-refractivity contribution in [1.29, 1.82) is 0 Å². The molecule has 0 spiro atoms. The molecule has 174 valence electrons. The van der Waals surface area contributed by atoms with Gasteiger partial charge in [-0.15, -0.1) is 0 Å². The van der Waals surface area contributed by atoms with Crippen molar-refractivity contribution < 1.29 is 14.4 Å². The Morgan fingerprint density at radius 3 is 1.91 bits per heavy atom. The molecule has 6 rings (SSSR count). The Morgan fingerprint density at radius 1 is 0.771 bits per heavy atom. The molecular weight excluding hydrogens is 458 g/mol. The monoisotopic (exact) mass is 481 g/mol. The first-order valence-electron chi connectivity index (χ1n) is 11.9. The van der Waals surface area contributed by atoms with Crippen molar-refractivity contribution in [3.63, 3.8) is 0 Å². The second-order valence-corrected chi connectivity index (χ2v) is 10.2. The zero-order valence-corrected chi connectivity index (χ0v) is 20.3. The number of carbonyl (C=O) groups excluding carboxylic acids is 3. The van der Waals surface area contributed by atoms with Crippen molar-refractivity contribution in [1.82, 2.24) is 0 Å². The van der Waals surface area contributed by atoms with E-state index in [0.717, 1.165) is 22.3 Å². The zero-order chi connectivity index (χ0) is 24.5. The Morgan fingerprint density at radius 2 is 1.34 bits per heavy atom. The molecule has 0 aromatic heterocycles. The summed E-state index contributed by atoms with van der Waals surface area (Å²) in [6, 6.07) is 26.4. The molecule has 2 fully saturated rings. The van der Waals surface area contributed by atoms with Gasteiger partial charge in [-0.3, -0.25) is 14.4 Å². The summed E-state index contributed by atoms with van der Waals surface area (Å²) >= 11 is 6.21. The number of imide groups is 1. The second-order valence-electron chi connectivity index (χ2n) is 9.79. The van der Waals surface area contributed by atoms with Gasteiger partial charge in [0.15, 0.2) is 5.78 Å². The third-order valence-corrected chi connectivity index (χ3v) is 8.54. The van der Waals surface area contributed by atoms with Gasteiger partial charge in [-0.25, -0.2) is 4.90 Å². The van der Waals surface area contributed by atoms with Gasteiger partial charge in [0.1, 0.15) is 0 Å². The van der Waals surface area contributed by atoms with Crippen LogP contribution in [0.1, 0.15) is 31.4 Å². The molecule has 4 atom stereocenters. The van der Waals surface area contributed by atoms with Gasteiger partial charge in [0, 0.05) is 5.02 Å². The normalized spacial score (nSPS) is 29.3. The minimum absolute atomic E-state index is 0.0207. The molecule has 5 heteroatoms. The molecule has 1 heterocycles. The van der Waals surface area contributed by atoms with Crippen LogP contribution >= 0.6 is 11.6 Å². The average Bonchev–Trinajstić information content (AvgIpc) is 3.35. The van der Waals surface area contributed by atoms with Crippen LogP contribution in [0.2, 0.25) is 5.02 Å². The van der Waals surface area contributed by atoms with Gasteiger partial charge < -0.3 is 0 Å². The lowest BCUT2D eigenvalue weighted by atomic mass is 9.62. The molecule has 0 N–H and O–H groups in total. The SMILES string of the molecule is CC[C@@]12C(=O)[C@@](C)(C(c3ccccc3)=C1c1ccccc1)[C@H]1C(=O)N(c3cccc(Cl)c3)C(=O)[C@H]12. The van der Waals surface area contributed by atoms with Gasteiger partial charge in [0.2, 0.25) is 11.8 Å². The molecule has 3 aromatic carbocycles. The molecule has 3 aromatic rings. The quantitative estimate of drug-likeness (QED) is 0.426. The summed E-state index contributed by atoms with van der Waals surface area (Å²) in [6.45, 7) is 3.83. The Bertz CT molecular complexity index is 1430. The maximum Gasteiger partial charge on any atom is 0.239 e. The predicted molar refractivity (Wildman–Crippen MR) is 136 cm³/mol. The van der Waals surface area contributed by atoms with E-state index in [9.17, 15) is 14.4 Å². The number of carbonyl (C=O) groups is 3. The number of Topliss-reactive ketones (excluding diaryl/α,β-unsaturated/α-hetero) is 1. The number of nitrogens with zero attached hydrogens (tertiary/aromatic N) is 1. The molecule has 3 aliphatic rings. The summed E-state index contributed by atoms with van der Waals surface area (Å²) in [7, 11) is 0. The molecule has 2 bridgehead atoms. The van der Waals surface area contributed by atoms with Crippen molar-refractivity contribution in [3.05, 3.63) is 101 Å². The molecular formula is C30H24ClNO3. The minimum atomic E-state index is -1.12. The van der Waals surface area contributed by atoms with Gasteiger partial charge in [-0.2, -0.15) is 0 Å². The summed E-state index contributed by atoms with van der Waals surface area (Å²) in [5.74, 6) is -2.17. The van der Waals surface area contributed by atoms with Crippen LogP contribution in [0.4, 0.5) is 5.69 Å². The van der Waals surface area contributed by atoms with Crippen molar-refractivity contribution in [2.45, 2.75) is 20.3 Å². The highest BCUT2D eigenvalue weighted by atomic mass is 35.5. The standard InChI is InChI=1S/C30H24ClNO3/c1-3-30-23(19-13-8-5-9-14-19)22(18-11-6-4-7-12-18)29(2,28(30)35)24-25(30)27(34)32(26(24)33)21-16-10-15-20(31)17-21/h4-17,24-25H,3H2,1-2H3/t24-,25+,29+,30-/m1/s1. The average molecular weight is 482 g/mol. The van der Waals surface area contributed by atoms with Gasteiger partial charge in [0.05, 0.1) is 28.4 Å². The number of fused-ring (bicyclic) bond motifs is 5. The fraction of sp³-hybridized carbons (Fsp3) is 0.233. The Labute approximate surface area is 209 Å². The van der Waals surface area contributed by atoms with Crippen molar-refractivity contribution in [2.75, 3.05) is 4.90 Å². The van der Waals surface area contributed by atoms with Crippen LogP contribution in [-0.2, 0) is 14.4 Å². The summed E-state index contributed by atoms with van der Waals surface area (Å²) in [6.07, 6.45) is 0.436. The van der Waals surface area contributed by atoms with Crippen LogP contribution in [0.25, 0.3) is 11.1 Å². The Hall–Kier alpha value is -3.50. The number of benzene rings is 3. The third-order valence-electron chi connectivity index (χ3n) is 8.30. The Kier molecular flexibility index (Phi) is 4.71. The zero-order valence-electron chi connectivity index (χ0n) is 19.5. The van der Waals surface area contributed by atoms with E-state index >= 15 is 0 Å². The maximum atomic E-state index is 14.4. The fourth-order valence-corrected chi connectivity index (χ4v) is 7.18. The van der Waals surface area contributed by atoms with Crippen LogP contribution in [0.15, 0.2) is 84.9 Å². The number of allylic oxidation sites excluding steroid dienone is 2. The number of halogens is 1. The smallest absolute Gasteiger partial charge is 0.239 e. The summed E-state index contributed by atoms with van der Waals surface area (Å²) in [4.78, 5) is 43.8. The number of rotatable bonds is 4. The maximum absolute atomic E-state index is 14.4. The predicted octanol–water partition coefficient (Wildman–Crippen LogP) is 6.06. The first-order chi connectivity index (χ1) is 16.9. The minimum Gasteiger partial charge on any atom is -0.298 e. The molecule has 35 heavy (non-hydrogen) atoms. The first kappa shape index (κ1) is 22.0. The van der Waals surface area contributed by atoms with Crippen molar-refractivity contribution in [3.8, 4) is 0 Å². The van der Waals surface area contributed by atoms with Gasteiger partial charge >= 0.3 is 0 Å². The summed E-state index contributed by atoms with van der Waals surface area (Å²) in [5, 5.41) is 0.448. The molecule has 4 nitrogen and oxygen atoms in total. The van der Waals surface area contributed by atoms with Crippen LogP contribution in [-0.4, -0.2) is 17.6 Å². The highest BCUT2D eigenvalue weighted by Gasteiger charge is 2.79. The topological polar surface area (TPSA) is 54.5 Å². The van der Waals surface area contributed by atoms with E-state index < -0.39 is 22.7 Å². The van der Waals surface area contributed by atoms with Gasteiger partial charge in [-0.05, 0) is 53.8 Å². The number of hydrogen-bond donors (Lipinski definition) is 0. The van der Waals surface area contributed by atoms with Crippen LogP contribution in [0.3, 0.4) is 0 Å². The highest BCUT2D eigenvalue weighted by molar-refractivity contribution is 6.35. The lowest BCUT2D eigenvalue weighted by molar-refractivity contribution is -0.134. The molecule has 2 amide bonds. The molecule has 0 radical (unpaired) electrons. The van der Waals surface area contributed by atoms with E-state index in [-0.39, 0.29) is 17.6 Å². The first-order valence-corrected chi connectivity index (χ1v) is 12.3. The number of hydrogen-bond acceptors (Lipinski definition) is 3. The highest BCUT2D eigenvalue weighted by Crippen LogP contribution is 2.74. The van der Waals surface area contributed by atoms with E-state index in [2.05, 4.69) is 0 Å². The van der Waals surface area contributed by atoms with E-state index in [1.807, 2.05) is 74.5 Å². The van der Waals surface area contributed by atoms with E-state index in [1.165, 1.54) is 4.90 Å². The fourth-order valence-electron chi connectivity index (χ4n) is 7.00. The summed E-state index contributed by atoms with van der Waals surface area (Å²) in [5.41, 5.74) is 1.84. The van der Waals surface area contributed by atoms with Gasteiger partial charge in [0.25, 0.3) is 0 Å². The van der Waals surface area contributed by atoms with E-state index in [0.29, 0.717) is 17.1 Å². The molecule has 1 saturated carbocycles. The largest absolute Gasteiger partial charge is 0.298 e. The molecule has 2 aliphatic carbocycles. The number of amides is 2. The summed E-state index contributed by atoms with van der Waals surface area (Å²) < 4.78 is 0. The van der Waals surface area contributed by atoms with Crippen molar-refractivity contribution in [2.24, 2.45) is 22.7 Å². The third kappa shape index (κ3) is 2.61. The molecule has 1 saturated heterocycles. The number of ketones is 1. The van der Waals surface area contributed by atoms with E-state index in [4.69, 9.17) is 11.6 Å². The lowest BCUT2D eigenvalue weighted by Gasteiger charge is -2.37. The van der Waals surface area contributed by atoms with Crippen LogP contribution in [0.5, 0.6) is 0 Å². The van der Waals surface area contributed by atoms with Gasteiger partial charge in [-0.1, -0.05) is 85.3 Å². The van der Waals surface area contributed by atoms with Crippen LogP contribution < -0.4 is 4.90 Å². The lowest BCUT2D eigenvalue weighted by Crippen LogP contribution is -2.41. The molecule has 1 aliphatic heterocycles. The molecule has 0 unspecified atom stereocenters. The van der Waals surface area contributed by atoms with Crippen LogP contribution in [0, 0.1) is 22.7 Å².